The highest BCUT2D eigenvalue weighted by molar-refractivity contribution is 7.89. The minimum atomic E-state index is -3.63. The first-order chi connectivity index (χ1) is 7.84. The molecule has 2 atom stereocenters. The Kier molecular flexibility index (Phi) is 4.64. The van der Waals surface area contributed by atoms with Gasteiger partial charge in [0.2, 0.25) is 10.0 Å². The molecule has 0 spiro atoms. The maximum atomic E-state index is 11.1. The molecule has 0 radical (unpaired) electrons. The van der Waals surface area contributed by atoms with E-state index in [2.05, 4.69) is 5.32 Å². The average molecular weight is 258 g/mol. The third-order valence-electron chi connectivity index (χ3n) is 2.52. The molecule has 0 aliphatic rings. The maximum absolute atomic E-state index is 11.1. The van der Waals surface area contributed by atoms with Crippen molar-refractivity contribution in [2.45, 2.75) is 30.8 Å². The second-order valence-electron chi connectivity index (χ2n) is 4.09. The fourth-order valence-corrected chi connectivity index (χ4v) is 2.04. The second kappa shape index (κ2) is 5.59. The number of primary sulfonamides is 1. The molecule has 0 saturated carbocycles. The summed E-state index contributed by atoms with van der Waals surface area (Å²) in [4.78, 5) is 0.101. The Morgan fingerprint density at radius 1 is 1.29 bits per heavy atom. The molecule has 0 aliphatic heterocycles. The van der Waals surface area contributed by atoms with E-state index in [1.165, 1.54) is 12.1 Å². The topological polar surface area (TPSA) is 92.4 Å². The third-order valence-corrected chi connectivity index (χ3v) is 3.45. The zero-order chi connectivity index (χ0) is 13.1. The Bertz CT molecular complexity index is 456. The highest BCUT2D eigenvalue weighted by Crippen LogP contribution is 2.15. The quantitative estimate of drug-likeness (QED) is 0.711. The zero-order valence-electron chi connectivity index (χ0n) is 9.92. The molecule has 1 aromatic rings. The summed E-state index contributed by atoms with van der Waals surface area (Å²) in [6.45, 7) is 3.87. The van der Waals surface area contributed by atoms with Gasteiger partial charge in [-0.1, -0.05) is 12.1 Å². The Hall–Kier alpha value is -0.950. The fourth-order valence-electron chi connectivity index (χ4n) is 1.52. The van der Waals surface area contributed by atoms with Crippen LogP contribution < -0.4 is 10.5 Å². The molecule has 0 saturated heterocycles. The van der Waals surface area contributed by atoms with Crippen LogP contribution in [0.5, 0.6) is 0 Å². The molecule has 96 valence electrons. The molecule has 0 aliphatic carbocycles. The van der Waals surface area contributed by atoms with Gasteiger partial charge in [-0.05, 0) is 31.5 Å². The number of hydrogen-bond donors (Lipinski definition) is 3. The van der Waals surface area contributed by atoms with Crippen molar-refractivity contribution in [1.82, 2.24) is 5.32 Å². The minimum absolute atomic E-state index is 0.0112. The third kappa shape index (κ3) is 4.08. The number of aliphatic hydroxyl groups excluding tert-OH is 1. The van der Waals surface area contributed by atoms with Crippen LogP contribution in [-0.2, 0) is 10.0 Å². The minimum Gasteiger partial charge on any atom is -0.395 e. The molecule has 5 nitrogen and oxygen atoms in total. The predicted octanol–water partition coefficient (Wildman–Crippen LogP) is 0.365. The van der Waals surface area contributed by atoms with Gasteiger partial charge in [-0.2, -0.15) is 0 Å². The number of benzene rings is 1. The molecule has 0 bridgehead atoms. The van der Waals surface area contributed by atoms with Crippen molar-refractivity contribution in [1.29, 1.82) is 0 Å². The molecule has 1 rings (SSSR count). The van der Waals surface area contributed by atoms with E-state index in [0.717, 1.165) is 5.56 Å². The van der Waals surface area contributed by atoms with Crippen molar-refractivity contribution >= 4 is 10.0 Å². The van der Waals surface area contributed by atoms with Crippen molar-refractivity contribution in [3.05, 3.63) is 29.8 Å². The lowest BCUT2D eigenvalue weighted by molar-refractivity contribution is 0.243. The van der Waals surface area contributed by atoms with Crippen molar-refractivity contribution in [3.8, 4) is 0 Å². The van der Waals surface area contributed by atoms with Crippen LogP contribution in [0, 0.1) is 0 Å². The Morgan fingerprint density at radius 3 is 2.24 bits per heavy atom. The number of nitrogens with two attached hydrogens (primary N) is 1. The number of sulfonamides is 1. The fraction of sp³-hybridized carbons (Fsp3) is 0.455. The second-order valence-corrected chi connectivity index (χ2v) is 5.65. The van der Waals surface area contributed by atoms with Gasteiger partial charge >= 0.3 is 0 Å². The first-order valence-electron chi connectivity index (χ1n) is 5.34. The Morgan fingerprint density at radius 2 is 1.82 bits per heavy atom. The van der Waals surface area contributed by atoms with Crippen LogP contribution in [0.15, 0.2) is 29.2 Å². The van der Waals surface area contributed by atoms with E-state index in [-0.39, 0.29) is 23.6 Å². The van der Waals surface area contributed by atoms with Gasteiger partial charge in [0.1, 0.15) is 0 Å². The van der Waals surface area contributed by atoms with Gasteiger partial charge in [0.25, 0.3) is 0 Å². The van der Waals surface area contributed by atoms with Crippen LogP contribution >= 0.6 is 0 Å². The van der Waals surface area contributed by atoms with E-state index in [1.807, 2.05) is 13.8 Å². The van der Waals surface area contributed by atoms with E-state index in [9.17, 15) is 8.42 Å². The lowest BCUT2D eigenvalue weighted by Crippen LogP contribution is -2.31. The molecule has 1 aromatic carbocycles. The molecule has 0 aromatic heterocycles. The van der Waals surface area contributed by atoms with Crippen LogP contribution in [-0.4, -0.2) is 26.2 Å². The van der Waals surface area contributed by atoms with Crippen LogP contribution in [0.2, 0.25) is 0 Å². The monoisotopic (exact) mass is 258 g/mol. The number of rotatable bonds is 5. The van der Waals surface area contributed by atoms with Crippen molar-refractivity contribution in [2.75, 3.05) is 6.61 Å². The van der Waals surface area contributed by atoms with Crippen LogP contribution in [0.1, 0.15) is 25.5 Å². The van der Waals surface area contributed by atoms with E-state index in [1.54, 1.807) is 12.1 Å². The highest BCUT2D eigenvalue weighted by atomic mass is 32.2. The smallest absolute Gasteiger partial charge is 0.238 e. The van der Waals surface area contributed by atoms with E-state index < -0.39 is 10.0 Å². The van der Waals surface area contributed by atoms with E-state index in [4.69, 9.17) is 10.2 Å². The molecule has 4 N–H and O–H groups in total. The summed E-state index contributed by atoms with van der Waals surface area (Å²) < 4.78 is 22.1. The van der Waals surface area contributed by atoms with Crippen molar-refractivity contribution < 1.29 is 13.5 Å². The van der Waals surface area contributed by atoms with Crippen LogP contribution in [0.4, 0.5) is 0 Å². The van der Waals surface area contributed by atoms with Gasteiger partial charge < -0.3 is 10.4 Å². The summed E-state index contributed by atoms with van der Waals surface area (Å²) >= 11 is 0. The molecule has 17 heavy (non-hydrogen) atoms. The summed E-state index contributed by atoms with van der Waals surface area (Å²) in [6, 6.07) is 6.40. The largest absolute Gasteiger partial charge is 0.395 e. The predicted molar refractivity (Wildman–Crippen MR) is 65.9 cm³/mol. The zero-order valence-corrected chi connectivity index (χ0v) is 10.7. The highest BCUT2D eigenvalue weighted by Gasteiger charge is 2.11. The van der Waals surface area contributed by atoms with Gasteiger partial charge in [0.15, 0.2) is 0 Å². The van der Waals surface area contributed by atoms with Crippen LogP contribution in [0.25, 0.3) is 0 Å². The first kappa shape index (κ1) is 14.1. The van der Waals surface area contributed by atoms with E-state index >= 15 is 0 Å². The molecular weight excluding hydrogens is 240 g/mol. The molecule has 0 fully saturated rings. The van der Waals surface area contributed by atoms with Crippen molar-refractivity contribution in [2.24, 2.45) is 5.14 Å². The summed E-state index contributed by atoms with van der Waals surface area (Å²) in [5, 5.41) is 17.1. The normalized spacial score (nSPS) is 15.5. The Balaban J connectivity index is 2.81. The number of aliphatic hydroxyl groups is 1. The first-order valence-corrected chi connectivity index (χ1v) is 6.89. The summed E-state index contributed by atoms with van der Waals surface area (Å²) in [6.07, 6.45) is 0. The summed E-state index contributed by atoms with van der Waals surface area (Å²) in [5.74, 6) is 0. The maximum Gasteiger partial charge on any atom is 0.238 e. The van der Waals surface area contributed by atoms with Crippen LogP contribution in [0.3, 0.4) is 0 Å². The average Bonchev–Trinajstić information content (AvgIpc) is 2.27. The molecule has 0 amide bonds. The van der Waals surface area contributed by atoms with Gasteiger partial charge in [0, 0.05) is 12.1 Å². The summed E-state index contributed by atoms with van der Waals surface area (Å²) in [5.41, 5.74) is 0.942. The van der Waals surface area contributed by atoms with E-state index in [0.29, 0.717) is 0 Å². The number of hydrogen-bond acceptors (Lipinski definition) is 4. The summed E-state index contributed by atoms with van der Waals surface area (Å²) in [7, 11) is -3.63. The molecular formula is C11H18N2O3S. The van der Waals surface area contributed by atoms with Gasteiger partial charge in [-0.3, -0.25) is 0 Å². The SMILES string of the molecule is CC(CO)NC(C)c1ccc(S(N)(=O)=O)cc1. The molecule has 6 heteroatoms. The van der Waals surface area contributed by atoms with Crippen molar-refractivity contribution in [3.63, 3.8) is 0 Å². The molecule has 2 unspecified atom stereocenters. The Labute approximate surface area is 102 Å². The lowest BCUT2D eigenvalue weighted by Gasteiger charge is -2.18. The van der Waals surface area contributed by atoms with Gasteiger partial charge in [-0.25, -0.2) is 13.6 Å². The standard InChI is InChI=1S/C11H18N2O3S/c1-8(7-14)13-9(2)10-3-5-11(6-4-10)17(12,15)16/h3-6,8-9,13-14H,7H2,1-2H3,(H2,12,15,16). The number of nitrogens with one attached hydrogen (secondary N) is 1. The van der Waals surface area contributed by atoms with Gasteiger partial charge in [-0.15, -0.1) is 0 Å². The van der Waals surface area contributed by atoms with Gasteiger partial charge in [0.05, 0.1) is 11.5 Å². The molecule has 0 heterocycles. The lowest BCUT2D eigenvalue weighted by atomic mass is 10.1.